The van der Waals surface area contributed by atoms with E-state index in [2.05, 4.69) is 6.92 Å². The lowest BCUT2D eigenvalue weighted by Gasteiger charge is -2.36. The number of nitrogens with zero attached hydrogens (tertiary/aromatic N) is 2. The van der Waals surface area contributed by atoms with Crippen molar-refractivity contribution in [2.24, 2.45) is 5.92 Å². The summed E-state index contributed by atoms with van der Waals surface area (Å²) < 4.78 is 0. The van der Waals surface area contributed by atoms with Crippen molar-refractivity contribution in [3.05, 3.63) is 35.9 Å². The minimum absolute atomic E-state index is 0.0161. The second-order valence-corrected chi connectivity index (χ2v) is 7.08. The quantitative estimate of drug-likeness (QED) is 0.672. The number of piperazine rings is 1. The van der Waals surface area contributed by atoms with Crippen LogP contribution in [-0.2, 0) is 9.59 Å². The van der Waals surface area contributed by atoms with E-state index in [1.165, 1.54) is 0 Å². The molecule has 1 aliphatic rings. The fourth-order valence-electron chi connectivity index (χ4n) is 3.44. The van der Waals surface area contributed by atoms with Crippen molar-refractivity contribution in [3.8, 4) is 0 Å². The molecule has 1 heterocycles. The molecule has 0 spiro atoms. The zero-order valence-electron chi connectivity index (χ0n) is 16.1. The van der Waals surface area contributed by atoms with Crippen molar-refractivity contribution in [1.82, 2.24) is 9.80 Å². The number of rotatable bonds is 9. The number of hydrogen-bond acceptors (Lipinski definition) is 4. The van der Waals surface area contributed by atoms with Crippen molar-refractivity contribution < 1.29 is 19.5 Å². The van der Waals surface area contributed by atoms with E-state index >= 15 is 0 Å². The molecule has 1 atom stereocenters. The maximum atomic E-state index is 12.9. The molecular formula is C21H30N2O4. The Hall–Kier alpha value is -2.21. The SMILES string of the molecule is CCCCCC(CC(=O)CO)C(=O)N1CCN(C(=O)c2ccccc2)CC1. The molecular weight excluding hydrogens is 344 g/mol. The molecule has 0 bridgehead atoms. The van der Waals surface area contributed by atoms with E-state index in [-0.39, 0.29) is 29.9 Å². The first-order valence-electron chi connectivity index (χ1n) is 9.82. The number of benzene rings is 1. The summed E-state index contributed by atoms with van der Waals surface area (Å²) in [4.78, 5) is 40.6. The highest BCUT2D eigenvalue weighted by Crippen LogP contribution is 2.19. The lowest BCUT2D eigenvalue weighted by atomic mass is 9.94. The van der Waals surface area contributed by atoms with Gasteiger partial charge in [0, 0.05) is 44.1 Å². The molecule has 0 aromatic heterocycles. The first kappa shape index (κ1) is 21.1. The van der Waals surface area contributed by atoms with Crippen LogP contribution in [0.25, 0.3) is 0 Å². The van der Waals surface area contributed by atoms with Crippen LogP contribution in [0.3, 0.4) is 0 Å². The number of hydrogen-bond donors (Lipinski definition) is 1. The van der Waals surface area contributed by atoms with E-state index in [9.17, 15) is 14.4 Å². The summed E-state index contributed by atoms with van der Waals surface area (Å²) in [6.45, 7) is 3.53. The normalized spacial score (nSPS) is 15.5. The molecule has 148 valence electrons. The van der Waals surface area contributed by atoms with Crippen molar-refractivity contribution in [2.45, 2.75) is 39.0 Å². The van der Waals surface area contributed by atoms with Crippen molar-refractivity contribution in [2.75, 3.05) is 32.8 Å². The van der Waals surface area contributed by atoms with Crippen LogP contribution in [0.15, 0.2) is 30.3 Å². The van der Waals surface area contributed by atoms with Gasteiger partial charge in [-0.15, -0.1) is 0 Å². The Bertz CT molecular complexity index is 624. The van der Waals surface area contributed by atoms with Gasteiger partial charge >= 0.3 is 0 Å². The first-order valence-corrected chi connectivity index (χ1v) is 9.82. The Morgan fingerprint density at radius 3 is 2.22 bits per heavy atom. The molecule has 6 heteroatoms. The van der Waals surface area contributed by atoms with Gasteiger partial charge in [-0.2, -0.15) is 0 Å². The monoisotopic (exact) mass is 374 g/mol. The molecule has 0 aliphatic carbocycles. The number of ketones is 1. The zero-order valence-corrected chi connectivity index (χ0v) is 16.1. The van der Waals surface area contributed by atoms with Gasteiger partial charge in [0.2, 0.25) is 5.91 Å². The van der Waals surface area contributed by atoms with Gasteiger partial charge in [0.05, 0.1) is 0 Å². The molecule has 0 radical (unpaired) electrons. The summed E-state index contributed by atoms with van der Waals surface area (Å²) in [6.07, 6.45) is 3.74. The predicted octanol–water partition coefficient (Wildman–Crippen LogP) is 2.12. The number of carbonyl (C=O) groups is 3. The number of unbranched alkanes of at least 4 members (excludes halogenated alkanes) is 2. The molecule has 1 aromatic carbocycles. The van der Waals surface area contributed by atoms with Crippen molar-refractivity contribution in [1.29, 1.82) is 0 Å². The second kappa shape index (κ2) is 10.8. The minimum atomic E-state index is -0.517. The standard InChI is InChI=1S/C21H30N2O4/c1-2-3-5-10-18(15-19(25)16-24)21(27)23-13-11-22(12-14-23)20(26)17-8-6-4-7-9-17/h4,6-9,18,24H,2-3,5,10-16H2,1H3. The van der Waals surface area contributed by atoms with Crippen LogP contribution in [0, 0.1) is 5.92 Å². The summed E-state index contributed by atoms with van der Waals surface area (Å²) in [5.41, 5.74) is 0.656. The number of carbonyl (C=O) groups excluding carboxylic acids is 3. The maximum Gasteiger partial charge on any atom is 0.253 e. The summed E-state index contributed by atoms with van der Waals surface area (Å²) >= 11 is 0. The van der Waals surface area contributed by atoms with Crippen LogP contribution < -0.4 is 0 Å². The number of Topliss-reactive ketones (excluding diaryl/α,β-unsaturated/α-hetero) is 1. The summed E-state index contributed by atoms with van der Waals surface area (Å²) in [6, 6.07) is 9.14. The van der Waals surface area contributed by atoms with Gasteiger partial charge in [-0.3, -0.25) is 14.4 Å². The lowest BCUT2D eigenvalue weighted by molar-refractivity contribution is -0.140. The molecule has 1 fully saturated rings. The Labute approximate surface area is 161 Å². The van der Waals surface area contributed by atoms with Crippen LogP contribution in [0.1, 0.15) is 49.4 Å². The molecule has 1 saturated heterocycles. The summed E-state index contributed by atoms with van der Waals surface area (Å²) in [5.74, 6) is -0.701. The predicted molar refractivity (Wildman–Crippen MR) is 103 cm³/mol. The van der Waals surface area contributed by atoms with Crippen LogP contribution in [0.5, 0.6) is 0 Å². The molecule has 1 aromatic rings. The van der Waals surface area contributed by atoms with Crippen LogP contribution in [0.4, 0.5) is 0 Å². The topological polar surface area (TPSA) is 77.9 Å². The molecule has 2 amide bonds. The molecule has 0 saturated carbocycles. The van der Waals surface area contributed by atoms with E-state index in [4.69, 9.17) is 5.11 Å². The largest absolute Gasteiger partial charge is 0.389 e. The molecule has 27 heavy (non-hydrogen) atoms. The third-order valence-corrected chi connectivity index (χ3v) is 5.06. The van der Waals surface area contributed by atoms with Crippen LogP contribution in [-0.4, -0.2) is 65.3 Å². The minimum Gasteiger partial charge on any atom is -0.389 e. The van der Waals surface area contributed by atoms with Gasteiger partial charge in [0.15, 0.2) is 5.78 Å². The number of amides is 2. The second-order valence-electron chi connectivity index (χ2n) is 7.08. The Kier molecular flexibility index (Phi) is 8.45. The highest BCUT2D eigenvalue weighted by atomic mass is 16.3. The third-order valence-electron chi connectivity index (χ3n) is 5.06. The number of aliphatic hydroxyl groups excluding tert-OH is 1. The smallest absolute Gasteiger partial charge is 0.253 e. The first-order chi connectivity index (χ1) is 13.1. The summed E-state index contributed by atoms with van der Waals surface area (Å²) in [7, 11) is 0. The fraction of sp³-hybridized carbons (Fsp3) is 0.571. The van der Waals surface area contributed by atoms with Gasteiger partial charge in [-0.05, 0) is 18.6 Å². The number of aliphatic hydroxyl groups is 1. The van der Waals surface area contributed by atoms with Gasteiger partial charge in [-0.25, -0.2) is 0 Å². The average Bonchev–Trinajstić information content (AvgIpc) is 2.72. The van der Waals surface area contributed by atoms with Crippen molar-refractivity contribution >= 4 is 17.6 Å². The van der Waals surface area contributed by atoms with E-state index < -0.39 is 6.61 Å². The highest BCUT2D eigenvalue weighted by molar-refractivity contribution is 5.94. The van der Waals surface area contributed by atoms with E-state index in [0.717, 1.165) is 19.3 Å². The van der Waals surface area contributed by atoms with Gasteiger partial charge in [0.25, 0.3) is 5.91 Å². The third kappa shape index (κ3) is 6.17. The van der Waals surface area contributed by atoms with Crippen LogP contribution in [0.2, 0.25) is 0 Å². The van der Waals surface area contributed by atoms with Crippen LogP contribution >= 0.6 is 0 Å². The molecule has 6 nitrogen and oxygen atoms in total. The van der Waals surface area contributed by atoms with Gasteiger partial charge < -0.3 is 14.9 Å². The highest BCUT2D eigenvalue weighted by Gasteiger charge is 2.30. The Morgan fingerprint density at radius 1 is 1.00 bits per heavy atom. The zero-order chi connectivity index (χ0) is 19.6. The maximum absolute atomic E-state index is 12.9. The van der Waals surface area contributed by atoms with Crippen molar-refractivity contribution in [3.63, 3.8) is 0 Å². The molecule has 1 unspecified atom stereocenters. The molecule has 1 N–H and O–H groups in total. The Balaban J connectivity index is 1.92. The molecule has 1 aliphatic heterocycles. The summed E-state index contributed by atoms with van der Waals surface area (Å²) in [5, 5.41) is 9.03. The molecule has 2 rings (SSSR count). The van der Waals surface area contributed by atoms with Gasteiger partial charge in [-0.1, -0.05) is 44.4 Å². The van der Waals surface area contributed by atoms with Gasteiger partial charge in [0.1, 0.15) is 6.61 Å². The fourth-order valence-corrected chi connectivity index (χ4v) is 3.44. The average molecular weight is 374 g/mol. The van der Waals surface area contributed by atoms with E-state index in [1.807, 2.05) is 18.2 Å². The van der Waals surface area contributed by atoms with E-state index in [1.54, 1.807) is 21.9 Å². The Morgan fingerprint density at radius 2 is 1.63 bits per heavy atom. The van der Waals surface area contributed by atoms with E-state index in [0.29, 0.717) is 38.2 Å². The lowest BCUT2D eigenvalue weighted by Crippen LogP contribution is -2.52.